The average Bonchev–Trinajstić information content (AvgIpc) is 2.48. The number of halogens is 1. The SMILES string of the molecule is C=Cc1ccccc1N/C(C)=C\C(=O)c1ccc(F)cc1. The van der Waals surface area contributed by atoms with Gasteiger partial charge >= 0.3 is 0 Å². The summed E-state index contributed by atoms with van der Waals surface area (Å²) in [6.45, 7) is 5.56. The number of rotatable bonds is 5. The Kier molecular flexibility index (Phi) is 4.67. The van der Waals surface area contributed by atoms with Crippen molar-refractivity contribution in [1.29, 1.82) is 0 Å². The summed E-state index contributed by atoms with van der Waals surface area (Å²) >= 11 is 0. The summed E-state index contributed by atoms with van der Waals surface area (Å²) in [6, 6.07) is 13.2. The molecule has 106 valence electrons. The molecule has 21 heavy (non-hydrogen) atoms. The minimum Gasteiger partial charge on any atom is -0.359 e. The van der Waals surface area contributed by atoms with Crippen LogP contribution in [0.15, 0.2) is 66.9 Å². The minimum absolute atomic E-state index is 0.170. The first-order chi connectivity index (χ1) is 10.1. The van der Waals surface area contributed by atoms with Crippen molar-refractivity contribution in [3.8, 4) is 0 Å². The van der Waals surface area contributed by atoms with E-state index in [-0.39, 0.29) is 11.6 Å². The molecule has 0 fully saturated rings. The van der Waals surface area contributed by atoms with Crippen molar-refractivity contribution in [3.05, 3.63) is 83.8 Å². The predicted molar refractivity (Wildman–Crippen MR) is 84.6 cm³/mol. The Morgan fingerprint density at radius 3 is 2.48 bits per heavy atom. The second-order valence-electron chi connectivity index (χ2n) is 4.61. The van der Waals surface area contributed by atoms with Crippen LogP contribution in [-0.4, -0.2) is 5.78 Å². The van der Waals surface area contributed by atoms with Gasteiger partial charge in [-0.3, -0.25) is 4.79 Å². The highest BCUT2D eigenvalue weighted by Gasteiger charge is 2.04. The second-order valence-corrected chi connectivity index (χ2v) is 4.61. The molecule has 0 aliphatic carbocycles. The summed E-state index contributed by atoms with van der Waals surface area (Å²) in [6.07, 6.45) is 3.24. The molecule has 0 aliphatic heterocycles. The van der Waals surface area contributed by atoms with E-state index in [0.29, 0.717) is 11.3 Å². The molecule has 0 unspecified atom stereocenters. The van der Waals surface area contributed by atoms with Crippen molar-refractivity contribution < 1.29 is 9.18 Å². The summed E-state index contributed by atoms with van der Waals surface area (Å²) in [5, 5.41) is 3.17. The monoisotopic (exact) mass is 281 g/mol. The van der Waals surface area contributed by atoms with Crippen LogP contribution >= 0.6 is 0 Å². The van der Waals surface area contributed by atoms with E-state index < -0.39 is 0 Å². The van der Waals surface area contributed by atoms with Gasteiger partial charge in [0.25, 0.3) is 0 Å². The molecule has 1 N–H and O–H groups in total. The molecule has 0 bridgehead atoms. The maximum Gasteiger partial charge on any atom is 0.187 e. The standard InChI is InChI=1S/C18H16FNO/c1-3-14-6-4-5-7-17(14)20-13(2)12-18(21)15-8-10-16(19)11-9-15/h3-12,20H,1H2,2H3/b13-12-. The Labute approximate surface area is 123 Å². The van der Waals surface area contributed by atoms with Crippen LogP contribution in [-0.2, 0) is 0 Å². The van der Waals surface area contributed by atoms with Crippen LogP contribution in [0.3, 0.4) is 0 Å². The lowest BCUT2D eigenvalue weighted by Gasteiger charge is -2.09. The van der Waals surface area contributed by atoms with E-state index in [0.717, 1.165) is 11.3 Å². The fourth-order valence-corrected chi connectivity index (χ4v) is 1.93. The number of para-hydroxylation sites is 1. The Bertz CT molecular complexity index is 687. The Morgan fingerprint density at radius 2 is 1.81 bits per heavy atom. The van der Waals surface area contributed by atoms with Crippen molar-refractivity contribution in [3.63, 3.8) is 0 Å². The van der Waals surface area contributed by atoms with E-state index in [1.54, 1.807) is 13.0 Å². The van der Waals surface area contributed by atoms with Crippen molar-refractivity contribution in [1.82, 2.24) is 0 Å². The van der Waals surface area contributed by atoms with Gasteiger partial charge in [-0.25, -0.2) is 4.39 Å². The number of hydrogen-bond acceptors (Lipinski definition) is 2. The Balaban J connectivity index is 2.15. The van der Waals surface area contributed by atoms with Gasteiger partial charge < -0.3 is 5.32 Å². The van der Waals surface area contributed by atoms with E-state index >= 15 is 0 Å². The van der Waals surface area contributed by atoms with Crippen LogP contribution in [0.2, 0.25) is 0 Å². The predicted octanol–water partition coefficient (Wildman–Crippen LogP) is 4.67. The summed E-state index contributed by atoms with van der Waals surface area (Å²) in [4.78, 5) is 12.1. The van der Waals surface area contributed by atoms with Crippen molar-refractivity contribution >= 4 is 17.5 Å². The van der Waals surface area contributed by atoms with Gasteiger partial charge in [-0.1, -0.05) is 30.9 Å². The lowest BCUT2D eigenvalue weighted by Crippen LogP contribution is -2.02. The molecular formula is C18H16FNO. The maximum atomic E-state index is 12.8. The van der Waals surface area contributed by atoms with Gasteiger partial charge in [0.05, 0.1) is 0 Å². The molecule has 0 aliphatic rings. The van der Waals surface area contributed by atoms with E-state index in [1.165, 1.54) is 30.3 Å². The highest BCUT2D eigenvalue weighted by Crippen LogP contribution is 2.18. The number of benzene rings is 2. The molecule has 0 saturated heterocycles. The fraction of sp³-hybridized carbons (Fsp3) is 0.0556. The molecule has 2 rings (SSSR count). The number of ketones is 1. The highest BCUT2D eigenvalue weighted by atomic mass is 19.1. The minimum atomic E-state index is -0.356. The molecule has 0 atom stereocenters. The zero-order chi connectivity index (χ0) is 15.2. The van der Waals surface area contributed by atoms with E-state index in [4.69, 9.17) is 0 Å². The van der Waals surface area contributed by atoms with Crippen molar-refractivity contribution in [2.24, 2.45) is 0 Å². The molecule has 2 aromatic carbocycles. The number of allylic oxidation sites excluding steroid dienone is 2. The molecule has 2 nitrogen and oxygen atoms in total. The van der Waals surface area contributed by atoms with Crippen LogP contribution in [0.4, 0.5) is 10.1 Å². The van der Waals surface area contributed by atoms with E-state index in [9.17, 15) is 9.18 Å². The van der Waals surface area contributed by atoms with E-state index in [2.05, 4.69) is 11.9 Å². The molecule has 0 amide bonds. The molecule has 3 heteroatoms. The number of anilines is 1. The van der Waals surface area contributed by atoms with Crippen LogP contribution in [0.25, 0.3) is 6.08 Å². The van der Waals surface area contributed by atoms with Crippen molar-refractivity contribution in [2.75, 3.05) is 5.32 Å². The van der Waals surface area contributed by atoms with Gasteiger partial charge in [0, 0.05) is 23.0 Å². The third-order valence-electron chi connectivity index (χ3n) is 2.99. The summed E-state index contributed by atoms with van der Waals surface area (Å²) in [7, 11) is 0. The third-order valence-corrected chi connectivity index (χ3v) is 2.99. The summed E-state index contributed by atoms with van der Waals surface area (Å²) in [5.41, 5.74) is 3.00. The Hall–Kier alpha value is -2.68. The number of hydrogen-bond donors (Lipinski definition) is 1. The third kappa shape index (κ3) is 3.89. The highest BCUT2D eigenvalue weighted by molar-refractivity contribution is 6.05. The number of nitrogens with one attached hydrogen (secondary N) is 1. The zero-order valence-electron chi connectivity index (χ0n) is 11.8. The summed E-state index contributed by atoms with van der Waals surface area (Å²) in [5.74, 6) is -0.527. The lowest BCUT2D eigenvalue weighted by atomic mass is 10.1. The fourth-order valence-electron chi connectivity index (χ4n) is 1.93. The lowest BCUT2D eigenvalue weighted by molar-refractivity contribution is 0.104. The topological polar surface area (TPSA) is 29.1 Å². The molecule has 0 saturated carbocycles. The number of carbonyl (C=O) groups is 1. The van der Waals surface area contributed by atoms with Gasteiger partial charge in [0.15, 0.2) is 5.78 Å². The largest absolute Gasteiger partial charge is 0.359 e. The smallest absolute Gasteiger partial charge is 0.187 e. The van der Waals surface area contributed by atoms with E-state index in [1.807, 2.05) is 24.3 Å². The first-order valence-electron chi connectivity index (χ1n) is 6.57. The molecule has 0 spiro atoms. The van der Waals surface area contributed by atoms with Gasteiger partial charge in [-0.15, -0.1) is 0 Å². The molecule has 2 aromatic rings. The van der Waals surface area contributed by atoms with Gasteiger partial charge in [0.2, 0.25) is 0 Å². The van der Waals surface area contributed by atoms with Gasteiger partial charge in [-0.2, -0.15) is 0 Å². The van der Waals surface area contributed by atoms with Gasteiger partial charge in [0.1, 0.15) is 5.82 Å². The first kappa shape index (κ1) is 14.7. The first-order valence-corrected chi connectivity index (χ1v) is 6.57. The van der Waals surface area contributed by atoms with Crippen LogP contribution in [0.1, 0.15) is 22.8 Å². The Morgan fingerprint density at radius 1 is 1.14 bits per heavy atom. The quantitative estimate of drug-likeness (QED) is 0.637. The molecule has 0 aromatic heterocycles. The molecule has 0 radical (unpaired) electrons. The van der Waals surface area contributed by atoms with Gasteiger partial charge in [-0.05, 0) is 42.8 Å². The number of carbonyl (C=O) groups excluding carboxylic acids is 1. The van der Waals surface area contributed by atoms with Crippen molar-refractivity contribution in [2.45, 2.75) is 6.92 Å². The maximum absolute atomic E-state index is 12.8. The van der Waals surface area contributed by atoms with Crippen LogP contribution in [0, 0.1) is 5.82 Å². The normalized spacial score (nSPS) is 11.0. The second kappa shape index (κ2) is 6.66. The zero-order valence-corrected chi connectivity index (χ0v) is 11.8. The molecule has 0 heterocycles. The van der Waals surface area contributed by atoms with Crippen LogP contribution < -0.4 is 5.32 Å². The van der Waals surface area contributed by atoms with Crippen LogP contribution in [0.5, 0.6) is 0 Å². The summed E-state index contributed by atoms with van der Waals surface area (Å²) < 4.78 is 12.8. The average molecular weight is 281 g/mol. The molecular weight excluding hydrogens is 265 g/mol.